The number of carboxylic acid groups (broad SMARTS) is 1. The van der Waals surface area contributed by atoms with E-state index in [2.05, 4.69) is 4.74 Å². The second-order valence-corrected chi connectivity index (χ2v) is 3.10. The van der Waals surface area contributed by atoms with Crippen molar-refractivity contribution in [3.05, 3.63) is 29.6 Å². The number of aromatic carboxylic acids is 1. The molecule has 0 heterocycles. The average molecular weight is 242 g/mol. The highest BCUT2D eigenvalue weighted by Crippen LogP contribution is 2.22. The first-order valence-corrected chi connectivity index (χ1v) is 4.77. The van der Waals surface area contributed by atoms with Crippen molar-refractivity contribution >= 4 is 11.9 Å². The normalized spacial score (nSPS) is 9.76. The van der Waals surface area contributed by atoms with Gasteiger partial charge in [-0.2, -0.15) is 0 Å². The highest BCUT2D eigenvalue weighted by Gasteiger charge is 2.15. The van der Waals surface area contributed by atoms with Crippen LogP contribution in [0.25, 0.3) is 0 Å². The Bertz CT molecular complexity index is 430. The molecule has 6 heteroatoms. The zero-order valence-electron chi connectivity index (χ0n) is 9.10. The second-order valence-electron chi connectivity index (χ2n) is 3.10. The lowest BCUT2D eigenvalue weighted by Crippen LogP contribution is -2.10. The fraction of sp³-hybridized carbons (Fsp3) is 0.273. The topological polar surface area (TPSA) is 72.8 Å². The van der Waals surface area contributed by atoms with Crippen LogP contribution in [0.3, 0.4) is 0 Å². The number of para-hydroxylation sites is 1. The number of carboxylic acids is 1. The van der Waals surface area contributed by atoms with Crippen molar-refractivity contribution in [2.45, 2.75) is 6.42 Å². The van der Waals surface area contributed by atoms with Crippen molar-refractivity contribution in [3.63, 3.8) is 0 Å². The number of hydrogen-bond acceptors (Lipinski definition) is 4. The summed E-state index contributed by atoms with van der Waals surface area (Å²) < 4.78 is 22.6. The Labute approximate surface area is 96.8 Å². The minimum atomic E-state index is -1.29. The SMILES string of the molecule is COC(=O)CCOc1c(F)cccc1C(=O)O. The zero-order valence-corrected chi connectivity index (χ0v) is 9.10. The van der Waals surface area contributed by atoms with Gasteiger partial charge in [-0.3, -0.25) is 4.79 Å². The van der Waals surface area contributed by atoms with E-state index in [4.69, 9.17) is 9.84 Å². The van der Waals surface area contributed by atoms with Crippen LogP contribution >= 0.6 is 0 Å². The van der Waals surface area contributed by atoms with Crippen LogP contribution in [-0.4, -0.2) is 30.8 Å². The highest BCUT2D eigenvalue weighted by atomic mass is 19.1. The number of esters is 1. The van der Waals surface area contributed by atoms with E-state index in [0.717, 1.165) is 6.07 Å². The molecule has 0 aliphatic carbocycles. The van der Waals surface area contributed by atoms with Gasteiger partial charge in [-0.1, -0.05) is 6.07 Å². The van der Waals surface area contributed by atoms with E-state index >= 15 is 0 Å². The minimum absolute atomic E-state index is 0.0795. The largest absolute Gasteiger partial charge is 0.489 e. The molecule has 0 saturated heterocycles. The van der Waals surface area contributed by atoms with Gasteiger partial charge >= 0.3 is 11.9 Å². The van der Waals surface area contributed by atoms with Crippen molar-refractivity contribution in [1.82, 2.24) is 0 Å². The molecule has 0 aliphatic heterocycles. The Balaban J connectivity index is 2.76. The summed E-state index contributed by atoms with van der Waals surface area (Å²) in [6.07, 6.45) is -0.0795. The van der Waals surface area contributed by atoms with E-state index in [1.54, 1.807) is 0 Å². The van der Waals surface area contributed by atoms with Crippen LogP contribution in [0.2, 0.25) is 0 Å². The van der Waals surface area contributed by atoms with Gasteiger partial charge in [0.25, 0.3) is 0 Å². The summed E-state index contributed by atoms with van der Waals surface area (Å²) in [6.45, 7) is -0.145. The molecule has 0 aromatic heterocycles. The minimum Gasteiger partial charge on any atom is -0.489 e. The molecule has 0 radical (unpaired) electrons. The van der Waals surface area contributed by atoms with Gasteiger partial charge in [-0.15, -0.1) is 0 Å². The molecule has 5 nitrogen and oxygen atoms in total. The maximum absolute atomic E-state index is 13.3. The molecular formula is C11H11FO5. The summed E-state index contributed by atoms with van der Waals surface area (Å²) >= 11 is 0. The molecular weight excluding hydrogens is 231 g/mol. The maximum atomic E-state index is 13.3. The second kappa shape index (κ2) is 5.83. The quantitative estimate of drug-likeness (QED) is 0.791. The summed E-state index contributed by atoms with van der Waals surface area (Å²) in [5.74, 6) is -2.96. The highest BCUT2D eigenvalue weighted by molar-refractivity contribution is 5.90. The number of methoxy groups -OCH3 is 1. The molecule has 1 rings (SSSR count). The van der Waals surface area contributed by atoms with Crippen molar-refractivity contribution in [1.29, 1.82) is 0 Å². The Hall–Kier alpha value is -2.11. The van der Waals surface area contributed by atoms with E-state index in [1.165, 1.54) is 19.2 Å². The summed E-state index contributed by atoms with van der Waals surface area (Å²) in [5, 5.41) is 8.81. The number of carbonyl (C=O) groups excluding carboxylic acids is 1. The van der Waals surface area contributed by atoms with E-state index in [0.29, 0.717) is 0 Å². The zero-order chi connectivity index (χ0) is 12.8. The summed E-state index contributed by atoms with van der Waals surface area (Å²) in [4.78, 5) is 21.6. The summed E-state index contributed by atoms with van der Waals surface area (Å²) in [7, 11) is 1.22. The van der Waals surface area contributed by atoms with Gasteiger partial charge in [0.2, 0.25) is 0 Å². The molecule has 0 spiro atoms. The molecule has 17 heavy (non-hydrogen) atoms. The Morgan fingerprint density at radius 3 is 2.71 bits per heavy atom. The molecule has 1 aromatic carbocycles. The third-order valence-electron chi connectivity index (χ3n) is 1.98. The van der Waals surface area contributed by atoms with Crippen molar-refractivity contribution in [2.24, 2.45) is 0 Å². The van der Waals surface area contributed by atoms with Crippen molar-refractivity contribution in [2.75, 3.05) is 13.7 Å². The first-order chi connectivity index (χ1) is 8.06. The number of carbonyl (C=O) groups is 2. The van der Waals surface area contributed by atoms with Gasteiger partial charge < -0.3 is 14.6 Å². The first kappa shape index (κ1) is 13.0. The Morgan fingerprint density at radius 1 is 1.41 bits per heavy atom. The van der Waals surface area contributed by atoms with Crippen molar-refractivity contribution in [3.8, 4) is 5.75 Å². The molecule has 0 unspecified atom stereocenters. The van der Waals surface area contributed by atoms with Crippen LogP contribution in [0.4, 0.5) is 4.39 Å². The fourth-order valence-corrected chi connectivity index (χ4v) is 1.16. The molecule has 0 bridgehead atoms. The number of ether oxygens (including phenoxy) is 2. The smallest absolute Gasteiger partial charge is 0.339 e. The molecule has 1 N–H and O–H groups in total. The predicted octanol–water partition coefficient (Wildman–Crippen LogP) is 1.47. The molecule has 0 aliphatic rings. The maximum Gasteiger partial charge on any atom is 0.339 e. The molecule has 0 atom stereocenters. The fourth-order valence-electron chi connectivity index (χ4n) is 1.16. The number of benzene rings is 1. The van der Waals surface area contributed by atoms with Gasteiger partial charge in [0.05, 0.1) is 20.1 Å². The van der Waals surface area contributed by atoms with Crippen LogP contribution in [0.1, 0.15) is 16.8 Å². The molecule has 0 fully saturated rings. The van der Waals surface area contributed by atoms with Crippen LogP contribution in [0.15, 0.2) is 18.2 Å². The van der Waals surface area contributed by atoms with Gasteiger partial charge in [-0.25, -0.2) is 9.18 Å². The average Bonchev–Trinajstić information content (AvgIpc) is 2.30. The lowest BCUT2D eigenvalue weighted by molar-refractivity contribution is -0.141. The molecule has 0 saturated carbocycles. The predicted molar refractivity (Wildman–Crippen MR) is 55.5 cm³/mol. The van der Waals surface area contributed by atoms with E-state index in [9.17, 15) is 14.0 Å². The third kappa shape index (κ3) is 3.44. The Kier molecular flexibility index (Phi) is 4.45. The van der Waals surface area contributed by atoms with E-state index in [-0.39, 0.29) is 24.3 Å². The standard InChI is InChI=1S/C11H11FO5/c1-16-9(13)5-6-17-10-7(11(14)15)3-2-4-8(10)12/h2-4H,5-6H2,1H3,(H,14,15). The van der Waals surface area contributed by atoms with Gasteiger partial charge in [-0.05, 0) is 12.1 Å². The molecule has 0 amide bonds. The van der Waals surface area contributed by atoms with Gasteiger partial charge in [0, 0.05) is 0 Å². The van der Waals surface area contributed by atoms with Crippen LogP contribution in [0.5, 0.6) is 5.75 Å². The van der Waals surface area contributed by atoms with Crippen LogP contribution in [-0.2, 0) is 9.53 Å². The molecule has 92 valence electrons. The summed E-state index contributed by atoms with van der Waals surface area (Å²) in [6, 6.07) is 3.57. The van der Waals surface area contributed by atoms with E-state index < -0.39 is 17.8 Å². The monoisotopic (exact) mass is 242 g/mol. The number of halogens is 1. The lowest BCUT2D eigenvalue weighted by Gasteiger charge is -2.09. The number of rotatable bonds is 5. The van der Waals surface area contributed by atoms with E-state index in [1.807, 2.05) is 0 Å². The first-order valence-electron chi connectivity index (χ1n) is 4.77. The van der Waals surface area contributed by atoms with Crippen molar-refractivity contribution < 1.29 is 28.6 Å². The third-order valence-corrected chi connectivity index (χ3v) is 1.98. The number of hydrogen-bond donors (Lipinski definition) is 1. The van der Waals surface area contributed by atoms with Gasteiger partial charge in [0.1, 0.15) is 5.56 Å². The lowest BCUT2D eigenvalue weighted by atomic mass is 10.2. The van der Waals surface area contributed by atoms with Crippen LogP contribution in [0, 0.1) is 5.82 Å². The van der Waals surface area contributed by atoms with Crippen LogP contribution < -0.4 is 4.74 Å². The summed E-state index contributed by atoms with van der Waals surface area (Å²) in [5.41, 5.74) is -0.283. The molecule has 1 aromatic rings. The Morgan fingerprint density at radius 2 is 2.12 bits per heavy atom. The van der Waals surface area contributed by atoms with Gasteiger partial charge in [0.15, 0.2) is 11.6 Å².